The fraction of sp³-hybridized carbons (Fsp3) is 0.273. The Hall–Kier alpha value is -1.91. The third-order valence-corrected chi connectivity index (χ3v) is 2.13. The van der Waals surface area contributed by atoms with Crippen LogP contribution < -0.4 is 5.01 Å². The summed E-state index contributed by atoms with van der Waals surface area (Å²) < 4.78 is 17.9. The van der Waals surface area contributed by atoms with E-state index >= 15 is 0 Å². The largest absolute Gasteiger partial charge is 0.480 e. The molecule has 1 aliphatic rings. The van der Waals surface area contributed by atoms with Crippen molar-refractivity contribution in [3.05, 3.63) is 30.1 Å². The minimum atomic E-state index is -0.343. The Kier molecular flexibility index (Phi) is 2.85. The lowest BCUT2D eigenvalue weighted by Gasteiger charge is -2.10. The number of carbonyl (C=O) groups is 1. The summed E-state index contributed by atoms with van der Waals surface area (Å²) in [7, 11) is 0. The van der Waals surface area contributed by atoms with Crippen LogP contribution in [0.25, 0.3) is 0 Å². The van der Waals surface area contributed by atoms with Crippen molar-refractivity contribution in [1.82, 2.24) is 0 Å². The highest BCUT2D eigenvalue weighted by atomic mass is 19.1. The molecule has 1 aliphatic heterocycles. The second kappa shape index (κ2) is 4.30. The van der Waals surface area contributed by atoms with E-state index in [0.717, 1.165) is 0 Å². The van der Waals surface area contributed by atoms with Gasteiger partial charge in [0.05, 0.1) is 12.3 Å². The van der Waals surface area contributed by atoms with E-state index in [4.69, 9.17) is 4.74 Å². The molecule has 1 aromatic carbocycles. The summed E-state index contributed by atoms with van der Waals surface area (Å²) >= 11 is 0. The molecule has 0 unspecified atom stereocenters. The first kappa shape index (κ1) is 10.6. The van der Waals surface area contributed by atoms with Crippen LogP contribution in [0, 0.1) is 5.82 Å². The molecule has 0 radical (unpaired) electrons. The van der Waals surface area contributed by atoms with Crippen molar-refractivity contribution >= 4 is 17.5 Å². The molecule has 0 atom stereocenters. The molecule has 5 heteroatoms. The van der Waals surface area contributed by atoms with Gasteiger partial charge in [0.15, 0.2) is 0 Å². The Labute approximate surface area is 92.3 Å². The SMILES string of the molecule is CCOC1=NN(c2ccc(F)cc2)C(=O)C1. The first-order chi connectivity index (χ1) is 7.70. The molecule has 1 aromatic rings. The van der Waals surface area contributed by atoms with Gasteiger partial charge in [0.2, 0.25) is 5.90 Å². The van der Waals surface area contributed by atoms with E-state index in [0.29, 0.717) is 18.2 Å². The zero-order valence-corrected chi connectivity index (χ0v) is 8.81. The fourth-order valence-electron chi connectivity index (χ4n) is 1.44. The summed E-state index contributed by atoms with van der Waals surface area (Å²) in [4.78, 5) is 11.6. The topological polar surface area (TPSA) is 41.9 Å². The van der Waals surface area contributed by atoms with Crippen LogP contribution in [0.3, 0.4) is 0 Å². The quantitative estimate of drug-likeness (QED) is 0.767. The highest BCUT2D eigenvalue weighted by Gasteiger charge is 2.26. The predicted molar refractivity (Wildman–Crippen MR) is 57.6 cm³/mol. The minimum absolute atomic E-state index is 0.158. The second-order valence-electron chi connectivity index (χ2n) is 3.29. The van der Waals surface area contributed by atoms with Crippen molar-refractivity contribution in [1.29, 1.82) is 0 Å². The van der Waals surface area contributed by atoms with Gasteiger partial charge >= 0.3 is 0 Å². The lowest BCUT2D eigenvalue weighted by Crippen LogP contribution is -2.19. The van der Waals surface area contributed by atoms with Gasteiger partial charge in [-0.15, -0.1) is 5.10 Å². The molecule has 0 bridgehead atoms. The van der Waals surface area contributed by atoms with E-state index in [9.17, 15) is 9.18 Å². The number of amides is 1. The number of hydrazone groups is 1. The molecule has 2 rings (SSSR count). The van der Waals surface area contributed by atoms with Crippen LogP contribution in [-0.2, 0) is 9.53 Å². The molecule has 0 aliphatic carbocycles. The van der Waals surface area contributed by atoms with Crippen molar-refractivity contribution in [2.24, 2.45) is 5.10 Å². The van der Waals surface area contributed by atoms with Crippen molar-refractivity contribution in [3.8, 4) is 0 Å². The highest BCUT2D eigenvalue weighted by Crippen LogP contribution is 2.20. The molecule has 1 heterocycles. The summed E-state index contributed by atoms with van der Waals surface area (Å²) in [6.07, 6.45) is 0.158. The molecule has 0 aromatic heterocycles. The van der Waals surface area contributed by atoms with Gasteiger partial charge in [-0.1, -0.05) is 0 Å². The number of anilines is 1. The van der Waals surface area contributed by atoms with E-state index in [2.05, 4.69) is 5.10 Å². The third-order valence-electron chi connectivity index (χ3n) is 2.13. The average molecular weight is 222 g/mol. The molecule has 0 saturated carbocycles. The summed E-state index contributed by atoms with van der Waals surface area (Å²) in [5, 5.41) is 5.24. The number of hydrogen-bond donors (Lipinski definition) is 0. The summed E-state index contributed by atoms with van der Waals surface area (Å²) in [6, 6.07) is 5.59. The van der Waals surface area contributed by atoms with Crippen LogP contribution in [0.5, 0.6) is 0 Å². The van der Waals surface area contributed by atoms with Gasteiger partial charge in [-0.05, 0) is 31.2 Å². The molecular formula is C11H11FN2O2. The Morgan fingerprint density at radius 3 is 2.75 bits per heavy atom. The van der Waals surface area contributed by atoms with Gasteiger partial charge in [0.25, 0.3) is 5.91 Å². The van der Waals surface area contributed by atoms with Crippen molar-refractivity contribution in [3.63, 3.8) is 0 Å². The smallest absolute Gasteiger partial charge is 0.256 e. The van der Waals surface area contributed by atoms with Crippen LogP contribution in [0.2, 0.25) is 0 Å². The zero-order chi connectivity index (χ0) is 11.5. The van der Waals surface area contributed by atoms with E-state index in [1.807, 2.05) is 6.92 Å². The number of halogens is 1. The molecule has 0 saturated heterocycles. The van der Waals surface area contributed by atoms with Gasteiger partial charge in [-0.2, -0.15) is 5.01 Å². The zero-order valence-electron chi connectivity index (χ0n) is 8.81. The number of carbonyl (C=O) groups excluding carboxylic acids is 1. The van der Waals surface area contributed by atoms with Crippen LogP contribution in [0.15, 0.2) is 29.4 Å². The van der Waals surface area contributed by atoms with Crippen molar-refractivity contribution in [2.75, 3.05) is 11.6 Å². The number of benzene rings is 1. The molecule has 84 valence electrons. The summed E-state index contributed by atoms with van der Waals surface area (Å²) in [6.45, 7) is 2.30. The van der Waals surface area contributed by atoms with E-state index in [1.165, 1.54) is 29.3 Å². The van der Waals surface area contributed by atoms with Gasteiger partial charge in [0, 0.05) is 0 Å². The highest BCUT2D eigenvalue weighted by molar-refractivity contribution is 6.10. The molecule has 0 N–H and O–H groups in total. The molecule has 0 fully saturated rings. The van der Waals surface area contributed by atoms with Crippen LogP contribution in [0.4, 0.5) is 10.1 Å². The standard InChI is InChI=1S/C11H11FN2O2/c1-2-16-10-7-11(15)14(13-10)9-5-3-8(12)4-6-9/h3-6H,2,7H2,1H3. The van der Waals surface area contributed by atoms with Gasteiger partial charge in [-0.3, -0.25) is 4.79 Å². The number of nitrogens with zero attached hydrogens (tertiary/aromatic N) is 2. The van der Waals surface area contributed by atoms with Crippen molar-refractivity contribution < 1.29 is 13.9 Å². The molecular weight excluding hydrogens is 211 g/mol. The average Bonchev–Trinajstić information content (AvgIpc) is 2.61. The Morgan fingerprint density at radius 1 is 1.44 bits per heavy atom. The van der Waals surface area contributed by atoms with E-state index in [-0.39, 0.29) is 18.1 Å². The lowest BCUT2D eigenvalue weighted by atomic mass is 10.3. The lowest BCUT2D eigenvalue weighted by molar-refractivity contribution is -0.117. The minimum Gasteiger partial charge on any atom is -0.480 e. The first-order valence-corrected chi connectivity index (χ1v) is 4.99. The molecule has 1 amide bonds. The maximum absolute atomic E-state index is 12.7. The van der Waals surface area contributed by atoms with E-state index in [1.54, 1.807) is 0 Å². The maximum Gasteiger partial charge on any atom is 0.256 e. The second-order valence-corrected chi connectivity index (χ2v) is 3.29. The molecule has 0 spiro atoms. The molecule has 4 nitrogen and oxygen atoms in total. The Balaban J connectivity index is 2.21. The third kappa shape index (κ3) is 2.03. The van der Waals surface area contributed by atoms with Gasteiger partial charge < -0.3 is 4.74 Å². The van der Waals surface area contributed by atoms with Gasteiger partial charge in [-0.25, -0.2) is 4.39 Å². The Morgan fingerprint density at radius 2 is 2.12 bits per heavy atom. The number of hydrogen-bond acceptors (Lipinski definition) is 3. The van der Waals surface area contributed by atoms with Crippen molar-refractivity contribution in [2.45, 2.75) is 13.3 Å². The fourth-order valence-corrected chi connectivity index (χ4v) is 1.44. The Bertz CT molecular complexity index is 428. The van der Waals surface area contributed by atoms with Gasteiger partial charge in [0.1, 0.15) is 12.2 Å². The van der Waals surface area contributed by atoms with Crippen LogP contribution >= 0.6 is 0 Å². The summed E-state index contributed by atoms with van der Waals surface area (Å²) in [5.74, 6) is -0.115. The number of rotatable bonds is 2. The monoisotopic (exact) mass is 222 g/mol. The van der Waals surface area contributed by atoms with E-state index < -0.39 is 0 Å². The molecule has 16 heavy (non-hydrogen) atoms. The first-order valence-electron chi connectivity index (χ1n) is 4.99. The number of ether oxygens (including phenoxy) is 1. The van der Waals surface area contributed by atoms with Crippen LogP contribution in [0.1, 0.15) is 13.3 Å². The normalized spacial score (nSPS) is 15.2. The predicted octanol–water partition coefficient (Wildman–Crippen LogP) is 1.91. The maximum atomic E-state index is 12.7. The van der Waals surface area contributed by atoms with Crippen LogP contribution in [-0.4, -0.2) is 18.4 Å². The summed E-state index contributed by atoms with van der Waals surface area (Å²) in [5.41, 5.74) is 0.543.